The Balaban J connectivity index is 2.29. The second-order valence-electron chi connectivity index (χ2n) is 2.63. The van der Waals surface area contributed by atoms with Crippen LogP contribution in [0.3, 0.4) is 0 Å². The molecule has 0 aliphatic heterocycles. The van der Waals surface area contributed by atoms with Crippen molar-refractivity contribution in [1.82, 2.24) is 0 Å². The van der Waals surface area contributed by atoms with E-state index in [0.29, 0.717) is 0 Å². The lowest BCUT2D eigenvalue weighted by Crippen LogP contribution is -1.83. The molecule has 0 heterocycles. The van der Waals surface area contributed by atoms with Gasteiger partial charge >= 0.3 is 0 Å². The number of allylic oxidation sites excluding steroid dienone is 4. The fraction of sp³-hybridized carbons (Fsp3) is 0.500. The summed E-state index contributed by atoms with van der Waals surface area (Å²) in [4.78, 5) is 0. The maximum atomic E-state index is 2.32. The maximum absolute atomic E-state index is 2.32. The van der Waals surface area contributed by atoms with E-state index in [9.17, 15) is 0 Å². The summed E-state index contributed by atoms with van der Waals surface area (Å²) in [5.74, 6) is 0.856. The van der Waals surface area contributed by atoms with Crippen molar-refractivity contribution in [1.29, 1.82) is 0 Å². The van der Waals surface area contributed by atoms with Gasteiger partial charge in [0.05, 0.1) is 0 Å². The molecule has 0 saturated heterocycles. The van der Waals surface area contributed by atoms with Gasteiger partial charge in [0.15, 0.2) is 0 Å². The minimum absolute atomic E-state index is 0.856. The average molecular weight is 106 g/mol. The van der Waals surface area contributed by atoms with Crippen molar-refractivity contribution in [3.63, 3.8) is 0 Å². The Labute approximate surface area is 49.9 Å². The number of hydrogen-bond acceptors (Lipinski definition) is 0. The molecule has 0 aromatic carbocycles. The summed E-state index contributed by atoms with van der Waals surface area (Å²) in [6.07, 6.45) is 11.0. The zero-order valence-electron chi connectivity index (χ0n) is 4.93. The standard InChI is InChI=1S/C8H10/c1-3-7-5-2-6-8(7)4-1/h1,3-4,7H,2,5-6H2. The first-order valence-electron chi connectivity index (χ1n) is 3.34. The Kier molecular flexibility index (Phi) is 0.806. The largest absolute Gasteiger partial charge is 0.0773 e. The number of fused-ring (bicyclic) bond motifs is 1. The summed E-state index contributed by atoms with van der Waals surface area (Å²) in [6.45, 7) is 0. The van der Waals surface area contributed by atoms with Crippen LogP contribution in [0.25, 0.3) is 0 Å². The van der Waals surface area contributed by atoms with E-state index in [0.717, 1.165) is 5.92 Å². The lowest BCUT2D eigenvalue weighted by Gasteiger charge is -1.96. The second kappa shape index (κ2) is 1.48. The zero-order valence-corrected chi connectivity index (χ0v) is 4.93. The monoisotopic (exact) mass is 106 g/mol. The van der Waals surface area contributed by atoms with E-state index in [4.69, 9.17) is 0 Å². The van der Waals surface area contributed by atoms with E-state index >= 15 is 0 Å². The van der Waals surface area contributed by atoms with Crippen LogP contribution in [0, 0.1) is 5.92 Å². The molecule has 1 unspecified atom stereocenters. The Hall–Kier alpha value is -0.520. The van der Waals surface area contributed by atoms with Crippen LogP contribution >= 0.6 is 0 Å². The van der Waals surface area contributed by atoms with Gasteiger partial charge in [-0.3, -0.25) is 0 Å². The van der Waals surface area contributed by atoms with Gasteiger partial charge in [-0.1, -0.05) is 23.8 Å². The van der Waals surface area contributed by atoms with Gasteiger partial charge in [-0.15, -0.1) is 0 Å². The SMILES string of the molecule is C1=CC2CCCC2=C1. The molecular formula is C8H10. The molecule has 0 heteroatoms. The van der Waals surface area contributed by atoms with Gasteiger partial charge in [-0.25, -0.2) is 0 Å². The lowest BCUT2D eigenvalue weighted by atomic mass is 10.1. The summed E-state index contributed by atoms with van der Waals surface area (Å²) in [5.41, 5.74) is 1.67. The summed E-state index contributed by atoms with van der Waals surface area (Å²) in [7, 11) is 0. The predicted octanol–water partition coefficient (Wildman–Crippen LogP) is 2.28. The minimum Gasteiger partial charge on any atom is -0.0773 e. The summed E-state index contributed by atoms with van der Waals surface area (Å²) < 4.78 is 0. The number of hydrogen-bond donors (Lipinski definition) is 0. The molecule has 2 rings (SSSR count). The molecule has 1 saturated carbocycles. The third-order valence-electron chi connectivity index (χ3n) is 2.11. The van der Waals surface area contributed by atoms with Crippen molar-refractivity contribution < 1.29 is 0 Å². The van der Waals surface area contributed by atoms with Crippen molar-refractivity contribution in [2.24, 2.45) is 5.92 Å². The highest BCUT2D eigenvalue weighted by Crippen LogP contribution is 2.34. The number of rotatable bonds is 0. The zero-order chi connectivity index (χ0) is 5.40. The molecule has 2 aliphatic carbocycles. The molecule has 0 bridgehead atoms. The average Bonchev–Trinajstić information content (AvgIpc) is 2.15. The van der Waals surface area contributed by atoms with Gasteiger partial charge in [0.2, 0.25) is 0 Å². The first-order chi connectivity index (χ1) is 3.97. The van der Waals surface area contributed by atoms with Gasteiger partial charge in [0.1, 0.15) is 0 Å². The molecule has 0 nitrogen and oxygen atoms in total. The molecule has 0 aromatic rings. The Bertz CT molecular complexity index is 151. The van der Waals surface area contributed by atoms with Crippen molar-refractivity contribution in [3.8, 4) is 0 Å². The third-order valence-corrected chi connectivity index (χ3v) is 2.11. The van der Waals surface area contributed by atoms with Crippen molar-refractivity contribution >= 4 is 0 Å². The highest BCUT2D eigenvalue weighted by molar-refractivity contribution is 5.29. The fourth-order valence-corrected chi connectivity index (χ4v) is 1.64. The normalized spacial score (nSPS) is 33.0. The molecule has 0 radical (unpaired) electrons. The van der Waals surface area contributed by atoms with Crippen molar-refractivity contribution in [2.75, 3.05) is 0 Å². The van der Waals surface area contributed by atoms with Crippen LogP contribution < -0.4 is 0 Å². The van der Waals surface area contributed by atoms with Crippen LogP contribution in [0.5, 0.6) is 0 Å². The molecule has 0 amide bonds. The van der Waals surface area contributed by atoms with Gasteiger partial charge in [0.25, 0.3) is 0 Å². The second-order valence-corrected chi connectivity index (χ2v) is 2.63. The summed E-state index contributed by atoms with van der Waals surface area (Å²) >= 11 is 0. The topological polar surface area (TPSA) is 0 Å². The quantitative estimate of drug-likeness (QED) is 0.444. The minimum atomic E-state index is 0.856. The highest BCUT2D eigenvalue weighted by Gasteiger charge is 2.19. The van der Waals surface area contributed by atoms with Crippen LogP contribution in [-0.4, -0.2) is 0 Å². The van der Waals surface area contributed by atoms with Crippen LogP contribution in [0.15, 0.2) is 23.8 Å². The summed E-state index contributed by atoms with van der Waals surface area (Å²) in [6, 6.07) is 0. The van der Waals surface area contributed by atoms with E-state index in [1.54, 1.807) is 5.57 Å². The lowest BCUT2D eigenvalue weighted by molar-refractivity contribution is 0.772. The molecule has 1 fully saturated rings. The van der Waals surface area contributed by atoms with E-state index in [2.05, 4.69) is 18.2 Å². The Morgan fingerprint density at radius 2 is 2.50 bits per heavy atom. The first kappa shape index (κ1) is 4.37. The van der Waals surface area contributed by atoms with Gasteiger partial charge in [-0.05, 0) is 25.2 Å². The van der Waals surface area contributed by atoms with E-state index in [1.165, 1.54) is 19.3 Å². The molecule has 0 spiro atoms. The first-order valence-corrected chi connectivity index (χ1v) is 3.34. The fourth-order valence-electron chi connectivity index (χ4n) is 1.64. The molecule has 1 atom stereocenters. The van der Waals surface area contributed by atoms with E-state index < -0.39 is 0 Å². The van der Waals surface area contributed by atoms with Crippen LogP contribution in [0.1, 0.15) is 19.3 Å². The van der Waals surface area contributed by atoms with Crippen molar-refractivity contribution in [2.45, 2.75) is 19.3 Å². The summed E-state index contributed by atoms with van der Waals surface area (Å²) in [5, 5.41) is 0. The van der Waals surface area contributed by atoms with Gasteiger partial charge < -0.3 is 0 Å². The molecular weight excluding hydrogens is 96.1 g/mol. The molecule has 0 aromatic heterocycles. The van der Waals surface area contributed by atoms with Gasteiger partial charge in [-0.2, -0.15) is 0 Å². The molecule has 2 aliphatic rings. The molecule has 8 heavy (non-hydrogen) atoms. The van der Waals surface area contributed by atoms with Crippen LogP contribution in [-0.2, 0) is 0 Å². The van der Waals surface area contributed by atoms with E-state index in [1.807, 2.05) is 0 Å². The predicted molar refractivity (Wildman–Crippen MR) is 34.6 cm³/mol. The maximum Gasteiger partial charge on any atom is -0.00169 e. The molecule has 42 valence electrons. The van der Waals surface area contributed by atoms with Crippen molar-refractivity contribution in [3.05, 3.63) is 23.8 Å². The Morgan fingerprint density at radius 1 is 1.50 bits per heavy atom. The van der Waals surface area contributed by atoms with Crippen LogP contribution in [0.2, 0.25) is 0 Å². The van der Waals surface area contributed by atoms with Crippen LogP contribution in [0.4, 0.5) is 0 Å². The van der Waals surface area contributed by atoms with E-state index in [-0.39, 0.29) is 0 Å². The van der Waals surface area contributed by atoms with Gasteiger partial charge in [0, 0.05) is 0 Å². The molecule has 0 N–H and O–H groups in total. The highest BCUT2D eigenvalue weighted by atomic mass is 14.2. The third kappa shape index (κ3) is 0.459. The smallest absolute Gasteiger partial charge is 0.00169 e. The Morgan fingerprint density at radius 3 is 3.38 bits per heavy atom.